The van der Waals surface area contributed by atoms with E-state index in [1.165, 1.54) is 22.5 Å². The minimum absolute atomic E-state index is 0.0772. The summed E-state index contributed by atoms with van der Waals surface area (Å²) >= 11 is 0. The third-order valence-electron chi connectivity index (χ3n) is 5.61. The van der Waals surface area contributed by atoms with E-state index < -0.39 is 15.8 Å². The van der Waals surface area contributed by atoms with Gasteiger partial charge in [0, 0.05) is 44.1 Å². The van der Waals surface area contributed by atoms with Crippen molar-refractivity contribution in [1.29, 1.82) is 0 Å². The molecular weight excluding hydrogens is 473 g/mol. The molecule has 2 aromatic carbocycles. The molecule has 1 aliphatic rings. The average Bonchev–Trinajstić information content (AvgIpc) is 2.88. The van der Waals surface area contributed by atoms with Gasteiger partial charge in [0.25, 0.3) is 5.91 Å². The molecule has 0 N–H and O–H groups in total. The van der Waals surface area contributed by atoms with Crippen LogP contribution in [-0.2, 0) is 16.6 Å². The number of amides is 1. The second kappa shape index (κ2) is 10.8. The standard InChI is InChI=1S/C25H26FN3O5S/c1-2-33-23-17-20(7-8-22(23)34-18-19-9-11-27-12-10-19)25(30)28-13-15-29(16-14-28)35(31,32)24-6-4-3-5-21(24)26/h3-12,17H,2,13-16,18H2,1H3. The van der Waals surface area contributed by atoms with Crippen LogP contribution in [0.4, 0.5) is 4.39 Å². The van der Waals surface area contributed by atoms with Crippen molar-refractivity contribution in [3.63, 3.8) is 0 Å². The highest BCUT2D eigenvalue weighted by Crippen LogP contribution is 2.30. The van der Waals surface area contributed by atoms with E-state index in [1.807, 2.05) is 19.1 Å². The summed E-state index contributed by atoms with van der Waals surface area (Å²) in [5, 5.41) is 0. The maximum Gasteiger partial charge on any atom is 0.254 e. The van der Waals surface area contributed by atoms with Crippen LogP contribution >= 0.6 is 0 Å². The van der Waals surface area contributed by atoms with E-state index in [1.54, 1.807) is 35.5 Å². The first-order chi connectivity index (χ1) is 16.9. The number of hydrogen-bond donors (Lipinski definition) is 0. The van der Waals surface area contributed by atoms with Crippen LogP contribution in [0.5, 0.6) is 11.5 Å². The maximum absolute atomic E-state index is 14.1. The molecule has 184 valence electrons. The van der Waals surface area contributed by atoms with Gasteiger partial charge in [0.05, 0.1) is 6.61 Å². The van der Waals surface area contributed by atoms with Crippen molar-refractivity contribution in [3.8, 4) is 11.5 Å². The summed E-state index contributed by atoms with van der Waals surface area (Å²) in [7, 11) is -3.98. The van der Waals surface area contributed by atoms with E-state index in [4.69, 9.17) is 9.47 Å². The summed E-state index contributed by atoms with van der Waals surface area (Å²) in [5.41, 5.74) is 1.36. The fraction of sp³-hybridized carbons (Fsp3) is 0.280. The Bertz CT molecular complexity index is 1280. The van der Waals surface area contributed by atoms with E-state index in [-0.39, 0.29) is 37.0 Å². The Balaban J connectivity index is 1.43. The largest absolute Gasteiger partial charge is 0.490 e. The first-order valence-electron chi connectivity index (χ1n) is 11.2. The van der Waals surface area contributed by atoms with Gasteiger partial charge in [-0.25, -0.2) is 12.8 Å². The molecule has 2 heterocycles. The van der Waals surface area contributed by atoms with Gasteiger partial charge < -0.3 is 14.4 Å². The van der Waals surface area contributed by atoms with E-state index >= 15 is 0 Å². The zero-order valence-electron chi connectivity index (χ0n) is 19.3. The van der Waals surface area contributed by atoms with Gasteiger partial charge in [0.2, 0.25) is 10.0 Å². The molecule has 0 atom stereocenters. The van der Waals surface area contributed by atoms with Crippen LogP contribution in [0.2, 0.25) is 0 Å². The number of ether oxygens (including phenoxy) is 2. The third kappa shape index (κ3) is 5.60. The van der Waals surface area contributed by atoms with E-state index in [2.05, 4.69) is 4.98 Å². The minimum atomic E-state index is -3.98. The molecule has 35 heavy (non-hydrogen) atoms. The van der Waals surface area contributed by atoms with Crippen molar-refractivity contribution in [2.75, 3.05) is 32.8 Å². The minimum Gasteiger partial charge on any atom is -0.490 e. The number of sulfonamides is 1. The third-order valence-corrected chi connectivity index (χ3v) is 7.55. The monoisotopic (exact) mass is 499 g/mol. The molecule has 1 fully saturated rings. The van der Waals surface area contributed by atoms with Gasteiger partial charge in [-0.05, 0) is 55.0 Å². The summed E-state index contributed by atoms with van der Waals surface area (Å²) in [6.07, 6.45) is 3.37. The predicted octanol–water partition coefficient (Wildman–Crippen LogP) is 3.35. The Morgan fingerprint density at radius 2 is 1.69 bits per heavy atom. The molecule has 10 heteroatoms. The molecule has 1 saturated heterocycles. The highest BCUT2D eigenvalue weighted by atomic mass is 32.2. The van der Waals surface area contributed by atoms with Crippen molar-refractivity contribution in [1.82, 2.24) is 14.2 Å². The lowest BCUT2D eigenvalue weighted by atomic mass is 10.1. The van der Waals surface area contributed by atoms with Crippen LogP contribution in [0.15, 0.2) is 71.9 Å². The Labute approximate surface area is 204 Å². The van der Waals surface area contributed by atoms with Crippen LogP contribution in [0.1, 0.15) is 22.8 Å². The molecule has 1 aromatic heterocycles. The highest BCUT2D eigenvalue weighted by molar-refractivity contribution is 7.89. The van der Waals surface area contributed by atoms with Gasteiger partial charge in [-0.2, -0.15) is 4.31 Å². The first-order valence-corrected chi connectivity index (χ1v) is 12.7. The molecule has 1 amide bonds. The summed E-state index contributed by atoms with van der Waals surface area (Å²) in [6.45, 7) is 3.11. The fourth-order valence-electron chi connectivity index (χ4n) is 3.78. The Kier molecular flexibility index (Phi) is 7.62. The Morgan fingerprint density at radius 3 is 2.37 bits per heavy atom. The number of benzene rings is 2. The normalized spacial score (nSPS) is 14.5. The SMILES string of the molecule is CCOc1cc(C(=O)N2CCN(S(=O)(=O)c3ccccc3F)CC2)ccc1OCc1ccncc1. The number of nitrogens with zero attached hydrogens (tertiary/aromatic N) is 3. The second-order valence-electron chi connectivity index (χ2n) is 7.87. The topological polar surface area (TPSA) is 89.0 Å². The van der Waals surface area contributed by atoms with Gasteiger partial charge in [-0.15, -0.1) is 0 Å². The fourth-order valence-corrected chi connectivity index (χ4v) is 5.26. The summed E-state index contributed by atoms with van der Waals surface area (Å²) in [4.78, 5) is 18.3. The number of carbonyl (C=O) groups is 1. The molecule has 0 aliphatic carbocycles. The van der Waals surface area contributed by atoms with Crippen molar-refractivity contribution in [2.24, 2.45) is 0 Å². The molecule has 0 spiro atoms. The number of piperazine rings is 1. The number of carbonyl (C=O) groups excluding carboxylic acids is 1. The van der Waals surface area contributed by atoms with Crippen molar-refractivity contribution in [3.05, 3.63) is 83.9 Å². The van der Waals surface area contributed by atoms with Crippen molar-refractivity contribution >= 4 is 15.9 Å². The van der Waals surface area contributed by atoms with Crippen LogP contribution in [-0.4, -0.2) is 61.3 Å². The van der Waals surface area contributed by atoms with Crippen LogP contribution in [0, 0.1) is 5.82 Å². The van der Waals surface area contributed by atoms with Gasteiger partial charge in [-0.3, -0.25) is 9.78 Å². The number of pyridine rings is 1. The lowest BCUT2D eigenvalue weighted by Gasteiger charge is -2.34. The highest BCUT2D eigenvalue weighted by Gasteiger charge is 2.32. The molecule has 0 bridgehead atoms. The Hall–Kier alpha value is -3.50. The summed E-state index contributed by atoms with van der Waals surface area (Å²) in [5.74, 6) is -0.0653. The second-order valence-corrected chi connectivity index (χ2v) is 9.77. The first kappa shape index (κ1) is 24.6. The average molecular weight is 500 g/mol. The number of rotatable bonds is 8. The van der Waals surface area contributed by atoms with Crippen LogP contribution in [0.25, 0.3) is 0 Å². The molecule has 1 aliphatic heterocycles. The van der Waals surface area contributed by atoms with E-state index in [0.29, 0.717) is 30.3 Å². The molecule has 0 saturated carbocycles. The van der Waals surface area contributed by atoms with Gasteiger partial charge in [0.15, 0.2) is 11.5 Å². The predicted molar refractivity (Wildman–Crippen MR) is 127 cm³/mol. The van der Waals surface area contributed by atoms with Gasteiger partial charge in [-0.1, -0.05) is 12.1 Å². The van der Waals surface area contributed by atoms with E-state index in [9.17, 15) is 17.6 Å². The molecule has 0 unspecified atom stereocenters. The molecule has 3 aromatic rings. The number of hydrogen-bond acceptors (Lipinski definition) is 6. The maximum atomic E-state index is 14.1. The van der Waals surface area contributed by atoms with Crippen LogP contribution < -0.4 is 9.47 Å². The molecule has 4 rings (SSSR count). The number of halogens is 1. The van der Waals surface area contributed by atoms with Gasteiger partial charge >= 0.3 is 0 Å². The van der Waals surface area contributed by atoms with Gasteiger partial charge in [0.1, 0.15) is 17.3 Å². The zero-order valence-corrected chi connectivity index (χ0v) is 20.1. The summed E-state index contributed by atoms with van der Waals surface area (Å²) in [6, 6.07) is 14.0. The lowest BCUT2D eigenvalue weighted by molar-refractivity contribution is 0.0697. The molecular formula is C25H26FN3O5S. The molecule has 8 nitrogen and oxygen atoms in total. The lowest BCUT2D eigenvalue weighted by Crippen LogP contribution is -2.50. The van der Waals surface area contributed by atoms with Crippen molar-refractivity contribution < 1.29 is 27.1 Å². The molecule has 0 radical (unpaired) electrons. The quantitative estimate of drug-likeness (QED) is 0.472. The Morgan fingerprint density at radius 1 is 0.971 bits per heavy atom. The van der Waals surface area contributed by atoms with Crippen LogP contribution in [0.3, 0.4) is 0 Å². The number of aromatic nitrogens is 1. The smallest absolute Gasteiger partial charge is 0.254 e. The van der Waals surface area contributed by atoms with Crippen molar-refractivity contribution in [2.45, 2.75) is 18.4 Å². The zero-order chi connectivity index (χ0) is 24.8. The van der Waals surface area contributed by atoms with E-state index in [0.717, 1.165) is 11.6 Å². The summed E-state index contributed by atoms with van der Waals surface area (Å²) < 4.78 is 52.5.